The van der Waals surface area contributed by atoms with E-state index in [2.05, 4.69) is 196 Å². The first-order valence-electron chi connectivity index (χ1n) is 18.2. The van der Waals surface area contributed by atoms with Crippen LogP contribution in [0.3, 0.4) is 0 Å². The number of rotatable bonds is 4. The molecule has 12 rings (SSSR count). The maximum Gasteiger partial charge on any atom is 0.253 e. The summed E-state index contributed by atoms with van der Waals surface area (Å²) in [6.45, 7) is -0.0314. The molecule has 0 aliphatic carbocycles. The van der Waals surface area contributed by atoms with Gasteiger partial charge in [-0.15, -0.1) is 0 Å². The van der Waals surface area contributed by atoms with Gasteiger partial charge in [0.15, 0.2) is 0 Å². The lowest BCUT2D eigenvalue weighted by Gasteiger charge is -2.41. The number of furan rings is 1. The lowest BCUT2D eigenvalue weighted by Crippen LogP contribution is -2.60. The maximum atomic E-state index is 6.71. The van der Waals surface area contributed by atoms with Crippen molar-refractivity contribution in [1.29, 1.82) is 0 Å². The Labute approximate surface area is 306 Å². The molecule has 0 bridgehead atoms. The minimum Gasteiger partial charge on any atom is -0.456 e. The summed E-state index contributed by atoms with van der Waals surface area (Å²) in [7, 11) is 0. The van der Waals surface area contributed by atoms with Gasteiger partial charge in [0.2, 0.25) is 0 Å². The van der Waals surface area contributed by atoms with Crippen molar-refractivity contribution in [3.8, 4) is 5.69 Å². The van der Waals surface area contributed by atoms with Crippen LogP contribution in [0.25, 0.3) is 49.4 Å². The molecule has 4 nitrogen and oxygen atoms in total. The van der Waals surface area contributed by atoms with Crippen molar-refractivity contribution in [3.63, 3.8) is 0 Å². The number of aromatic nitrogens is 1. The highest BCUT2D eigenvalue weighted by Gasteiger charge is 2.44. The fourth-order valence-electron chi connectivity index (χ4n) is 9.28. The number of nitrogens with zero attached hydrogens (tertiary/aromatic N) is 3. The van der Waals surface area contributed by atoms with Crippen LogP contribution >= 0.6 is 0 Å². The molecular formula is C48H30BN3O. The van der Waals surface area contributed by atoms with Gasteiger partial charge in [-0.3, -0.25) is 0 Å². The van der Waals surface area contributed by atoms with Crippen molar-refractivity contribution in [2.75, 3.05) is 9.80 Å². The monoisotopic (exact) mass is 675 g/mol. The SMILES string of the molecule is c1ccc(N(c2ccccc2)c2cc3c4c(c2)-n2c5ccccc5c5cc6oc7ccccc7c6c(c52)B4c2ccccc2N3c2ccccc2)cc1. The molecule has 0 unspecified atom stereocenters. The Balaban J connectivity index is 1.30. The van der Waals surface area contributed by atoms with Crippen LogP contribution in [-0.2, 0) is 0 Å². The predicted molar refractivity (Wildman–Crippen MR) is 222 cm³/mol. The van der Waals surface area contributed by atoms with E-state index in [1.165, 1.54) is 60.6 Å². The van der Waals surface area contributed by atoms with E-state index in [4.69, 9.17) is 4.42 Å². The molecule has 5 heteroatoms. The molecule has 4 heterocycles. The largest absolute Gasteiger partial charge is 0.456 e. The average molecular weight is 676 g/mol. The van der Waals surface area contributed by atoms with Crippen LogP contribution in [0.2, 0.25) is 0 Å². The minimum atomic E-state index is -0.0314. The van der Waals surface area contributed by atoms with Gasteiger partial charge in [-0.2, -0.15) is 0 Å². The van der Waals surface area contributed by atoms with Crippen LogP contribution in [-0.4, -0.2) is 11.3 Å². The highest BCUT2D eigenvalue weighted by Crippen LogP contribution is 2.47. The Kier molecular flexibility index (Phi) is 5.83. The summed E-state index contributed by atoms with van der Waals surface area (Å²) in [4.78, 5) is 4.87. The number of fused-ring (bicyclic) bond motifs is 11. The molecule has 8 aromatic carbocycles. The molecule has 246 valence electrons. The number of hydrogen-bond acceptors (Lipinski definition) is 3. The Morgan fingerprint density at radius 1 is 0.453 bits per heavy atom. The minimum absolute atomic E-state index is 0.0314. The van der Waals surface area contributed by atoms with Crippen molar-refractivity contribution in [2.45, 2.75) is 0 Å². The van der Waals surface area contributed by atoms with E-state index in [-0.39, 0.29) is 6.71 Å². The van der Waals surface area contributed by atoms with E-state index >= 15 is 0 Å². The molecule has 10 aromatic rings. The second kappa shape index (κ2) is 10.8. The van der Waals surface area contributed by atoms with E-state index in [1.54, 1.807) is 0 Å². The molecule has 0 fully saturated rings. The van der Waals surface area contributed by atoms with Gasteiger partial charge in [0.25, 0.3) is 6.71 Å². The van der Waals surface area contributed by atoms with Crippen molar-refractivity contribution >= 4 is 101 Å². The standard InChI is InChI=1S/C48H30BN3O/c1-4-16-31(17-5-1)50(32-18-6-2-7-19-32)34-28-41-46-42(29-34)52-39-25-13-10-22-35(39)37-30-44-45(36-23-11-15-27-43(36)53-44)47(48(37)52)49(46)38-24-12-14-26-40(38)51(41)33-20-8-3-9-21-33/h1-30H. The first kappa shape index (κ1) is 28.7. The third-order valence-corrected chi connectivity index (χ3v) is 11.3. The van der Waals surface area contributed by atoms with Crippen LogP contribution in [0.1, 0.15) is 0 Å². The first-order valence-corrected chi connectivity index (χ1v) is 18.2. The Hall–Kier alpha value is -6.98. The van der Waals surface area contributed by atoms with Gasteiger partial charge < -0.3 is 18.8 Å². The summed E-state index contributed by atoms with van der Waals surface area (Å²) in [6, 6.07) is 65.8. The molecule has 0 saturated carbocycles. The zero-order valence-electron chi connectivity index (χ0n) is 28.6. The number of benzene rings is 8. The van der Waals surface area contributed by atoms with Crippen molar-refractivity contribution in [3.05, 3.63) is 182 Å². The van der Waals surface area contributed by atoms with Gasteiger partial charge in [-0.25, -0.2) is 0 Å². The number of anilines is 6. The van der Waals surface area contributed by atoms with Crippen LogP contribution in [0.15, 0.2) is 186 Å². The molecule has 53 heavy (non-hydrogen) atoms. The zero-order chi connectivity index (χ0) is 34.6. The number of hydrogen-bond donors (Lipinski definition) is 0. The van der Waals surface area contributed by atoms with Gasteiger partial charge in [-0.1, -0.05) is 109 Å². The lowest BCUT2D eigenvalue weighted by molar-refractivity contribution is 0.669. The van der Waals surface area contributed by atoms with Crippen LogP contribution < -0.4 is 26.2 Å². The molecular weight excluding hydrogens is 645 g/mol. The highest BCUT2D eigenvalue weighted by molar-refractivity contribution is 7.02. The van der Waals surface area contributed by atoms with Gasteiger partial charge >= 0.3 is 0 Å². The Bertz CT molecular complexity index is 3040. The third kappa shape index (κ3) is 3.91. The summed E-state index contributed by atoms with van der Waals surface area (Å²) in [5.41, 5.74) is 16.2. The highest BCUT2D eigenvalue weighted by atomic mass is 16.3. The Morgan fingerprint density at radius 2 is 1.08 bits per heavy atom. The average Bonchev–Trinajstić information content (AvgIpc) is 3.76. The molecule has 0 N–H and O–H groups in total. The van der Waals surface area contributed by atoms with Crippen LogP contribution in [0, 0.1) is 0 Å². The predicted octanol–water partition coefficient (Wildman–Crippen LogP) is 10.8. The maximum absolute atomic E-state index is 6.71. The van der Waals surface area contributed by atoms with E-state index in [9.17, 15) is 0 Å². The summed E-state index contributed by atoms with van der Waals surface area (Å²) >= 11 is 0. The van der Waals surface area contributed by atoms with E-state index < -0.39 is 0 Å². The topological polar surface area (TPSA) is 24.6 Å². The second-order valence-corrected chi connectivity index (χ2v) is 14.1. The molecule has 2 aromatic heterocycles. The van der Waals surface area contributed by atoms with Crippen molar-refractivity contribution < 1.29 is 4.42 Å². The third-order valence-electron chi connectivity index (χ3n) is 11.3. The molecule has 2 aliphatic rings. The second-order valence-electron chi connectivity index (χ2n) is 14.1. The van der Waals surface area contributed by atoms with Gasteiger partial charge in [0, 0.05) is 55.7 Å². The first-order chi connectivity index (χ1) is 26.3. The van der Waals surface area contributed by atoms with E-state index in [1.807, 2.05) is 0 Å². The summed E-state index contributed by atoms with van der Waals surface area (Å²) in [6.07, 6.45) is 0. The summed E-state index contributed by atoms with van der Waals surface area (Å²) in [5.74, 6) is 0. The van der Waals surface area contributed by atoms with Crippen LogP contribution in [0.5, 0.6) is 0 Å². The molecule has 0 spiro atoms. The lowest BCUT2D eigenvalue weighted by atomic mass is 9.33. The zero-order valence-corrected chi connectivity index (χ0v) is 28.6. The van der Waals surface area contributed by atoms with Gasteiger partial charge in [0.05, 0.1) is 16.7 Å². The molecule has 0 saturated heterocycles. The quantitative estimate of drug-likeness (QED) is 0.174. The van der Waals surface area contributed by atoms with Crippen LogP contribution in [0.4, 0.5) is 34.1 Å². The van der Waals surface area contributed by atoms with E-state index in [0.717, 1.165) is 39.3 Å². The summed E-state index contributed by atoms with van der Waals surface area (Å²) in [5, 5.41) is 4.78. The van der Waals surface area contributed by atoms with Crippen molar-refractivity contribution in [2.24, 2.45) is 0 Å². The van der Waals surface area contributed by atoms with Gasteiger partial charge in [0.1, 0.15) is 11.2 Å². The Morgan fingerprint density at radius 3 is 1.85 bits per heavy atom. The fraction of sp³-hybridized carbons (Fsp3) is 0. The van der Waals surface area contributed by atoms with Crippen molar-refractivity contribution in [1.82, 2.24) is 4.57 Å². The van der Waals surface area contributed by atoms with E-state index in [0.29, 0.717) is 0 Å². The smallest absolute Gasteiger partial charge is 0.253 e. The molecule has 0 atom stereocenters. The summed E-state index contributed by atoms with van der Waals surface area (Å²) < 4.78 is 9.26. The molecule has 0 radical (unpaired) electrons. The fourth-order valence-corrected chi connectivity index (χ4v) is 9.28. The normalized spacial score (nSPS) is 12.8. The number of para-hydroxylation sites is 6. The van der Waals surface area contributed by atoms with Gasteiger partial charge in [-0.05, 0) is 89.2 Å². The molecule has 0 amide bonds. The molecule has 2 aliphatic heterocycles.